The second kappa shape index (κ2) is 10.1. The Morgan fingerprint density at radius 3 is 2.23 bits per heavy atom. The van der Waals surface area contributed by atoms with Gasteiger partial charge in [-0.05, 0) is 34.1 Å². The first kappa shape index (κ1) is 24.7. The Morgan fingerprint density at radius 2 is 1.66 bits per heavy atom. The maximum Gasteiger partial charge on any atom is 0.407 e. The van der Waals surface area contributed by atoms with Crippen molar-refractivity contribution in [1.82, 2.24) is 10.6 Å². The van der Waals surface area contributed by atoms with E-state index in [0.717, 1.165) is 22.3 Å². The summed E-state index contributed by atoms with van der Waals surface area (Å²) in [6.45, 7) is 6.01. The van der Waals surface area contributed by atoms with Crippen LogP contribution in [0.2, 0.25) is 0 Å². The van der Waals surface area contributed by atoms with Gasteiger partial charge in [-0.15, -0.1) is 0 Å². The maximum absolute atomic E-state index is 12.8. The summed E-state index contributed by atoms with van der Waals surface area (Å²) in [7, 11) is 0. The molecule has 3 atom stereocenters. The van der Waals surface area contributed by atoms with E-state index in [1.165, 1.54) is 0 Å². The predicted octanol–water partition coefficient (Wildman–Crippen LogP) is 3.55. The highest BCUT2D eigenvalue weighted by molar-refractivity contribution is 5.87. The molecule has 8 nitrogen and oxygen atoms in total. The van der Waals surface area contributed by atoms with Crippen LogP contribution in [0, 0.1) is 11.3 Å². The van der Waals surface area contributed by atoms with Crippen LogP contribution in [0.5, 0.6) is 0 Å². The Morgan fingerprint density at radius 1 is 1.06 bits per heavy atom. The summed E-state index contributed by atoms with van der Waals surface area (Å²) in [5.41, 5.74) is 3.92. The van der Waals surface area contributed by atoms with Crippen LogP contribution in [0.3, 0.4) is 0 Å². The molecule has 0 unspecified atom stereocenters. The number of rotatable bonds is 7. The minimum absolute atomic E-state index is 0.0353. The minimum atomic E-state index is -1.10. The molecule has 1 aliphatic heterocycles. The number of alkyl carbamates (subject to hydrolysis) is 1. The number of amides is 2. The molecule has 1 aliphatic carbocycles. The van der Waals surface area contributed by atoms with E-state index in [1.807, 2.05) is 24.3 Å². The number of benzene rings is 2. The Hall–Kier alpha value is -3.39. The fraction of sp³-hybridized carbons (Fsp3) is 0.444. The van der Waals surface area contributed by atoms with Crippen molar-refractivity contribution < 1.29 is 29.0 Å². The maximum atomic E-state index is 12.8. The lowest BCUT2D eigenvalue weighted by Gasteiger charge is -2.29. The molecule has 4 rings (SSSR count). The van der Waals surface area contributed by atoms with E-state index in [9.17, 15) is 19.5 Å². The molecule has 8 heteroatoms. The first-order chi connectivity index (χ1) is 16.7. The van der Waals surface area contributed by atoms with E-state index in [2.05, 4.69) is 34.9 Å². The van der Waals surface area contributed by atoms with Crippen LogP contribution in [0.15, 0.2) is 48.5 Å². The van der Waals surface area contributed by atoms with Crippen molar-refractivity contribution in [1.29, 1.82) is 0 Å². The molecule has 0 radical (unpaired) electrons. The molecule has 0 spiro atoms. The third-order valence-corrected chi connectivity index (χ3v) is 6.72. The quantitative estimate of drug-likeness (QED) is 0.559. The standard InChI is InChI=1S/C27H32N2O6/c1-27(2,3)23(25(31)32)29-24(30)22-16(12-13-34-22)14-28-26(33)35-15-21-19-10-6-4-8-17(19)18-9-5-7-11-20(18)21/h4-11,16,21-23H,12-15H2,1-3H3,(H,28,33)(H,29,30)(H,31,32)/t16-,22-,23-/m0/s1. The van der Waals surface area contributed by atoms with Gasteiger partial charge in [-0.2, -0.15) is 0 Å². The minimum Gasteiger partial charge on any atom is -0.480 e. The van der Waals surface area contributed by atoms with Gasteiger partial charge >= 0.3 is 12.1 Å². The summed E-state index contributed by atoms with van der Waals surface area (Å²) >= 11 is 0. The van der Waals surface area contributed by atoms with Crippen molar-refractivity contribution in [3.63, 3.8) is 0 Å². The predicted molar refractivity (Wildman–Crippen MR) is 130 cm³/mol. The second-order valence-electron chi connectivity index (χ2n) is 10.2. The monoisotopic (exact) mass is 480 g/mol. The average molecular weight is 481 g/mol. The highest BCUT2D eigenvalue weighted by Crippen LogP contribution is 2.44. The van der Waals surface area contributed by atoms with Crippen molar-refractivity contribution >= 4 is 18.0 Å². The fourth-order valence-corrected chi connectivity index (χ4v) is 4.87. The van der Waals surface area contributed by atoms with Crippen molar-refractivity contribution in [2.45, 2.75) is 45.3 Å². The molecule has 1 fully saturated rings. The molecule has 3 N–H and O–H groups in total. The summed E-state index contributed by atoms with van der Waals surface area (Å²) < 4.78 is 11.1. The van der Waals surface area contributed by atoms with Crippen molar-refractivity contribution in [2.75, 3.05) is 19.8 Å². The van der Waals surface area contributed by atoms with E-state index < -0.39 is 35.5 Å². The fourth-order valence-electron chi connectivity index (χ4n) is 4.87. The molecule has 2 aromatic carbocycles. The van der Waals surface area contributed by atoms with Crippen LogP contribution in [0.4, 0.5) is 4.79 Å². The highest BCUT2D eigenvalue weighted by Gasteiger charge is 2.39. The van der Waals surface area contributed by atoms with Gasteiger partial charge in [0.2, 0.25) is 5.91 Å². The van der Waals surface area contributed by atoms with Crippen LogP contribution in [-0.4, -0.2) is 55.0 Å². The Labute approximate surface area is 205 Å². The molecule has 0 bridgehead atoms. The van der Waals surface area contributed by atoms with E-state index >= 15 is 0 Å². The summed E-state index contributed by atoms with van der Waals surface area (Å²) in [5.74, 6) is -1.89. The molecule has 1 heterocycles. The summed E-state index contributed by atoms with van der Waals surface area (Å²) in [5, 5.41) is 14.8. The SMILES string of the molecule is CC(C)(C)[C@@H](NC(=O)[C@H]1OCC[C@H]1CNC(=O)OCC1c2ccccc2-c2ccccc21)C(=O)O. The van der Waals surface area contributed by atoms with Crippen LogP contribution in [0.25, 0.3) is 11.1 Å². The lowest BCUT2D eigenvalue weighted by molar-refractivity contribution is -0.147. The molecule has 186 valence electrons. The zero-order valence-corrected chi connectivity index (χ0v) is 20.2. The van der Waals surface area contributed by atoms with E-state index in [0.29, 0.717) is 13.0 Å². The van der Waals surface area contributed by atoms with Crippen molar-refractivity contribution in [2.24, 2.45) is 11.3 Å². The average Bonchev–Trinajstić information content (AvgIpc) is 3.41. The summed E-state index contributed by atoms with van der Waals surface area (Å²) in [6, 6.07) is 15.2. The lowest BCUT2D eigenvalue weighted by Crippen LogP contribution is -2.53. The first-order valence-electron chi connectivity index (χ1n) is 11.9. The van der Waals surface area contributed by atoms with E-state index in [-0.39, 0.29) is 25.0 Å². The topological polar surface area (TPSA) is 114 Å². The highest BCUT2D eigenvalue weighted by atomic mass is 16.5. The summed E-state index contributed by atoms with van der Waals surface area (Å²) in [4.78, 5) is 36.9. The number of fused-ring (bicyclic) bond motifs is 3. The number of carbonyl (C=O) groups excluding carboxylic acids is 2. The molecule has 2 aromatic rings. The van der Waals surface area contributed by atoms with Gasteiger partial charge in [0.1, 0.15) is 18.8 Å². The Kier molecular flexibility index (Phi) is 7.12. The second-order valence-corrected chi connectivity index (χ2v) is 10.2. The molecule has 1 saturated heterocycles. The zero-order chi connectivity index (χ0) is 25.2. The van der Waals surface area contributed by atoms with Crippen molar-refractivity contribution in [3.05, 3.63) is 59.7 Å². The molecular weight excluding hydrogens is 448 g/mol. The number of hydrogen-bond acceptors (Lipinski definition) is 5. The lowest BCUT2D eigenvalue weighted by atomic mass is 9.86. The van der Waals surface area contributed by atoms with Gasteiger partial charge in [-0.25, -0.2) is 9.59 Å². The van der Waals surface area contributed by atoms with Gasteiger partial charge in [0.05, 0.1) is 0 Å². The summed E-state index contributed by atoms with van der Waals surface area (Å²) in [6.07, 6.45) is -0.807. The first-order valence-corrected chi connectivity index (χ1v) is 11.9. The molecular formula is C27H32N2O6. The molecule has 2 amide bonds. The van der Waals surface area contributed by atoms with E-state index in [1.54, 1.807) is 20.8 Å². The number of carbonyl (C=O) groups is 3. The molecule has 2 aliphatic rings. The van der Waals surface area contributed by atoms with Gasteiger partial charge in [0.25, 0.3) is 0 Å². The smallest absolute Gasteiger partial charge is 0.407 e. The van der Waals surface area contributed by atoms with Gasteiger partial charge in [0, 0.05) is 25.0 Å². The Balaban J connectivity index is 1.32. The normalized spacial score (nSPS) is 20.0. The van der Waals surface area contributed by atoms with Gasteiger partial charge in [0.15, 0.2) is 0 Å². The third-order valence-electron chi connectivity index (χ3n) is 6.72. The largest absolute Gasteiger partial charge is 0.480 e. The number of nitrogens with one attached hydrogen (secondary N) is 2. The van der Waals surface area contributed by atoms with Gasteiger partial charge in [-0.1, -0.05) is 69.3 Å². The zero-order valence-electron chi connectivity index (χ0n) is 20.2. The van der Waals surface area contributed by atoms with Crippen LogP contribution >= 0.6 is 0 Å². The number of carboxylic acid groups (broad SMARTS) is 1. The molecule has 35 heavy (non-hydrogen) atoms. The van der Waals surface area contributed by atoms with Crippen LogP contribution in [0.1, 0.15) is 44.2 Å². The Bertz CT molecular complexity index is 1060. The van der Waals surface area contributed by atoms with Crippen molar-refractivity contribution in [3.8, 4) is 11.1 Å². The third kappa shape index (κ3) is 5.32. The van der Waals surface area contributed by atoms with Gasteiger partial charge < -0.3 is 25.2 Å². The number of aliphatic carboxylic acids is 1. The van der Waals surface area contributed by atoms with Crippen LogP contribution in [-0.2, 0) is 19.1 Å². The van der Waals surface area contributed by atoms with Gasteiger partial charge in [-0.3, -0.25) is 4.79 Å². The molecule has 0 aromatic heterocycles. The molecule has 0 saturated carbocycles. The number of ether oxygens (including phenoxy) is 2. The van der Waals surface area contributed by atoms with Crippen LogP contribution < -0.4 is 10.6 Å². The number of carboxylic acids is 1. The van der Waals surface area contributed by atoms with E-state index in [4.69, 9.17) is 9.47 Å². The number of hydrogen-bond donors (Lipinski definition) is 3.